The molecule has 0 saturated carbocycles. The number of benzene rings is 1. The van der Waals surface area contributed by atoms with Crippen LogP contribution in [0.3, 0.4) is 0 Å². The molecular formula is C20H21N5O3. The van der Waals surface area contributed by atoms with Gasteiger partial charge in [-0.1, -0.05) is 35.5 Å². The van der Waals surface area contributed by atoms with Crippen LogP contribution in [0.4, 0.5) is 0 Å². The van der Waals surface area contributed by atoms with E-state index in [2.05, 4.69) is 15.2 Å². The lowest BCUT2D eigenvalue weighted by atomic mass is 9.98. The summed E-state index contributed by atoms with van der Waals surface area (Å²) in [4.78, 5) is 31.1. The number of rotatable bonds is 4. The smallest absolute Gasteiger partial charge is 0.267 e. The predicted molar refractivity (Wildman–Crippen MR) is 102 cm³/mol. The zero-order chi connectivity index (χ0) is 19.5. The quantitative estimate of drug-likeness (QED) is 0.688. The molecule has 3 aromatic rings. The molecule has 1 amide bonds. The fraction of sp³-hybridized carbons (Fsp3) is 0.350. The third-order valence-electron chi connectivity index (χ3n) is 4.89. The third kappa shape index (κ3) is 3.85. The van der Waals surface area contributed by atoms with Gasteiger partial charge in [-0.05, 0) is 25.8 Å². The van der Waals surface area contributed by atoms with Crippen LogP contribution < -0.4 is 5.56 Å². The van der Waals surface area contributed by atoms with E-state index in [1.54, 1.807) is 17.9 Å². The van der Waals surface area contributed by atoms with Crippen molar-refractivity contribution in [2.24, 2.45) is 0 Å². The summed E-state index contributed by atoms with van der Waals surface area (Å²) >= 11 is 0. The molecular weight excluding hydrogens is 358 g/mol. The predicted octanol–water partition coefficient (Wildman–Crippen LogP) is 2.01. The van der Waals surface area contributed by atoms with Gasteiger partial charge in [0.05, 0.1) is 11.6 Å². The lowest BCUT2D eigenvalue weighted by Gasteiger charge is -2.31. The Morgan fingerprint density at radius 3 is 2.79 bits per heavy atom. The molecule has 4 rings (SSSR count). The molecule has 1 atom stereocenters. The fourth-order valence-electron chi connectivity index (χ4n) is 3.44. The highest BCUT2D eigenvalue weighted by atomic mass is 16.5. The number of likely N-dealkylation sites (tertiary alicyclic amines) is 1. The van der Waals surface area contributed by atoms with Crippen LogP contribution in [0.15, 0.2) is 51.8 Å². The van der Waals surface area contributed by atoms with Gasteiger partial charge in [-0.2, -0.15) is 10.1 Å². The van der Waals surface area contributed by atoms with E-state index in [4.69, 9.17) is 4.52 Å². The zero-order valence-corrected chi connectivity index (χ0v) is 15.6. The molecule has 0 N–H and O–H groups in total. The molecule has 28 heavy (non-hydrogen) atoms. The average molecular weight is 379 g/mol. The molecule has 0 radical (unpaired) electrons. The summed E-state index contributed by atoms with van der Waals surface area (Å²) in [6.07, 6.45) is 1.75. The highest BCUT2D eigenvalue weighted by molar-refractivity contribution is 5.76. The Balaban J connectivity index is 1.49. The summed E-state index contributed by atoms with van der Waals surface area (Å²) < 4.78 is 6.49. The van der Waals surface area contributed by atoms with Crippen molar-refractivity contribution in [1.29, 1.82) is 0 Å². The van der Waals surface area contributed by atoms with E-state index in [9.17, 15) is 9.59 Å². The van der Waals surface area contributed by atoms with Crippen molar-refractivity contribution in [3.63, 3.8) is 0 Å². The SMILES string of the molecule is Cc1noc([C@H]2CCCN(C(=O)Cn3nc(-c4ccccc4)ccc3=O)C2)n1. The van der Waals surface area contributed by atoms with Crippen LogP contribution in [-0.4, -0.2) is 43.8 Å². The van der Waals surface area contributed by atoms with Gasteiger partial charge in [0.1, 0.15) is 6.54 Å². The topological polar surface area (TPSA) is 94.1 Å². The summed E-state index contributed by atoms with van der Waals surface area (Å²) in [5.41, 5.74) is 1.26. The minimum Gasteiger partial charge on any atom is -0.340 e. The second-order valence-corrected chi connectivity index (χ2v) is 6.94. The molecule has 1 aliphatic heterocycles. The first-order valence-corrected chi connectivity index (χ1v) is 9.32. The van der Waals surface area contributed by atoms with Crippen molar-refractivity contribution in [3.8, 4) is 11.3 Å². The molecule has 2 aromatic heterocycles. The molecule has 0 bridgehead atoms. The summed E-state index contributed by atoms with van der Waals surface area (Å²) in [5.74, 6) is 1.04. The second-order valence-electron chi connectivity index (χ2n) is 6.94. The van der Waals surface area contributed by atoms with Crippen molar-refractivity contribution in [1.82, 2.24) is 24.8 Å². The minimum atomic E-state index is -0.297. The van der Waals surface area contributed by atoms with Gasteiger partial charge in [0.25, 0.3) is 5.56 Å². The highest BCUT2D eigenvalue weighted by Crippen LogP contribution is 2.25. The molecule has 8 heteroatoms. The summed E-state index contributed by atoms with van der Waals surface area (Å²) in [5, 5.41) is 8.21. The van der Waals surface area contributed by atoms with Gasteiger partial charge >= 0.3 is 0 Å². The lowest BCUT2D eigenvalue weighted by molar-refractivity contribution is -0.133. The van der Waals surface area contributed by atoms with Crippen molar-refractivity contribution in [2.75, 3.05) is 13.1 Å². The minimum absolute atomic E-state index is 0.0271. The molecule has 1 saturated heterocycles. The van der Waals surface area contributed by atoms with Gasteiger partial charge in [0.2, 0.25) is 11.8 Å². The van der Waals surface area contributed by atoms with Gasteiger partial charge in [0.15, 0.2) is 5.82 Å². The lowest BCUT2D eigenvalue weighted by Crippen LogP contribution is -2.42. The van der Waals surface area contributed by atoms with E-state index in [1.165, 1.54) is 10.7 Å². The number of carbonyl (C=O) groups is 1. The number of piperidine rings is 1. The summed E-state index contributed by atoms with van der Waals surface area (Å²) in [7, 11) is 0. The fourth-order valence-corrected chi connectivity index (χ4v) is 3.44. The monoisotopic (exact) mass is 379 g/mol. The maximum absolute atomic E-state index is 12.8. The first-order chi connectivity index (χ1) is 13.6. The average Bonchev–Trinajstić information content (AvgIpc) is 3.17. The van der Waals surface area contributed by atoms with Crippen LogP contribution in [0.5, 0.6) is 0 Å². The van der Waals surface area contributed by atoms with Crippen molar-refractivity contribution in [3.05, 3.63) is 64.5 Å². The molecule has 0 spiro atoms. The van der Waals surface area contributed by atoms with Gasteiger partial charge in [-0.15, -0.1) is 0 Å². The molecule has 1 aromatic carbocycles. The normalized spacial score (nSPS) is 16.9. The number of carbonyl (C=O) groups excluding carboxylic acids is 1. The van der Waals surface area contributed by atoms with Crippen molar-refractivity contribution < 1.29 is 9.32 Å². The molecule has 0 aliphatic carbocycles. The molecule has 3 heterocycles. The largest absolute Gasteiger partial charge is 0.340 e. The first-order valence-electron chi connectivity index (χ1n) is 9.32. The second kappa shape index (κ2) is 7.75. The Morgan fingerprint density at radius 1 is 1.21 bits per heavy atom. The molecule has 0 unspecified atom stereocenters. The van der Waals surface area contributed by atoms with E-state index in [0.717, 1.165) is 18.4 Å². The molecule has 8 nitrogen and oxygen atoms in total. The molecule has 1 aliphatic rings. The van der Waals surface area contributed by atoms with E-state index < -0.39 is 0 Å². The van der Waals surface area contributed by atoms with Crippen LogP contribution >= 0.6 is 0 Å². The van der Waals surface area contributed by atoms with Crippen LogP contribution in [0.25, 0.3) is 11.3 Å². The van der Waals surface area contributed by atoms with Crippen LogP contribution in [-0.2, 0) is 11.3 Å². The van der Waals surface area contributed by atoms with E-state index in [0.29, 0.717) is 30.5 Å². The van der Waals surface area contributed by atoms with Crippen LogP contribution in [0.2, 0.25) is 0 Å². The van der Waals surface area contributed by atoms with Crippen LogP contribution in [0, 0.1) is 6.92 Å². The maximum atomic E-state index is 12.8. The van der Waals surface area contributed by atoms with E-state index in [1.807, 2.05) is 30.3 Å². The zero-order valence-electron chi connectivity index (χ0n) is 15.6. The third-order valence-corrected chi connectivity index (χ3v) is 4.89. The van der Waals surface area contributed by atoms with E-state index >= 15 is 0 Å². The number of aryl methyl sites for hydroxylation is 1. The Bertz CT molecular complexity index is 1030. The molecule has 144 valence electrons. The Morgan fingerprint density at radius 2 is 2.04 bits per heavy atom. The number of nitrogens with zero attached hydrogens (tertiary/aromatic N) is 5. The van der Waals surface area contributed by atoms with Gasteiger partial charge in [-0.3, -0.25) is 9.59 Å². The number of hydrogen-bond donors (Lipinski definition) is 0. The summed E-state index contributed by atoms with van der Waals surface area (Å²) in [6, 6.07) is 12.7. The number of hydrogen-bond acceptors (Lipinski definition) is 6. The Labute approximate surface area is 161 Å². The van der Waals surface area contributed by atoms with Gasteiger partial charge in [-0.25, -0.2) is 4.68 Å². The number of aromatic nitrogens is 4. The maximum Gasteiger partial charge on any atom is 0.267 e. The Kier molecular flexibility index (Phi) is 5.01. The number of amides is 1. The van der Waals surface area contributed by atoms with Gasteiger partial charge in [0, 0.05) is 24.7 Å². The van der Waals surface area contributed by atoms with E-state index in [-0.39, 0.29) is 23.9 Å². The first kappa shape index (κ1) is 18.1. The van der Waals surface area contributed by atoms with Crippen LogP contribution in [0.1, 0.15) is 30.5 Å². The Hall–Kier alpha value is -3.29. The standard InChI is InChI=1S/C20H21N5O3/c1-14-21-20(28-23-14)16-8-5-11-24(12-16)19(27)13-25-18(26)10-9-17(22-25)15-6-3-2-4-7-15/h2-4,6-7,9-10,16H,5,8,11-13H2,1H3/t16-/m0/s1. The summed E-state index contributed by atoms with van der Waals surface area (Å²) in [6.45, 7) is 2.84. The van der Waals surface area contributed by atoms with Crippen molar-refractivity contribution in [2.45, 2.75) is 32.2 Å². The highest BCUT2D eigenvalue weighted by Gasteiger charge is 2.28. The van der Waals surface area contributed by atoms with Crippen molar-refractivity contribution >= 4 is 5.91 Å². The molecule has 1 fully saturated rings. The van der Waals surface area contributed by atoms with Gasteiger partial charge < -0.3 is 9.42 Å².